The van der Waals surface area contributed by atoms with E-state index >= 15 is 0 Å². The average Bonchev–Trinajstić information content (AvgIpc) is 2.70. The van der Waals surface area contributed by atoms with Crippen molar-refractivity contribution in [2.45, 2.75) is 31.7 Å². The fourth-order valence-corrected chi connectivity index (χ4v) is 1.98. The Kier molecular flexibility index (Phi) is 2.94. The van der Waals surface area contributed by atoms with Crippen molar-refractivity contribution in [3.05, 3.63) is 28.2 Å². The molecule has 0 spiro atoms. The van der Waals surface area contributed by atoms with Crippen molar-refractivity contribution in [1.29, 1.82) is 0 Å². The number of carbonyl (C=O) groups is 1. The number of nitrogens with one attached hydrogen (secondary N) is 2. The van der Waals surface area contributed by atoms with Crippen molar-refractivity contribution >= 4 is 5.91 Å². The number of carbonyl (C=O) groups excluding carboxylic acids is 1. The molecule has 5 heteroatoms. The highest BCUT2D eigenvalue weighted by molar-refractivity contribution is 5.96. The summed E-state index contributed by atoms with van der Waals surface area (Å²) in [4.78, 5) is 25.0. The molecule has 16 heavy (non-hydrogen) atoms. The zero-order valence-corrected chi connectivity index (χ0v) is 8.82. The van der Waals surface area contributed by atoms with Gasteiger partial charge in [-0.15, -0.1) is 0 Å². The highest BCUT2D eigenvalue weighted by Gasteiger charge is 2.19. The van der Waals surface area contributed by atoms with E-state index in [1.807, 2.05) is 0 Å². The molecule has 86 valence electrons. The SMILES string of the molecule is O=C(NC1CCCC1)c1c[nH]c(=O)cc1O. The Labute approximate surface area is 92.5 Å². The number of H-pyrrole nitrogens is 1. The molecule has 0 bridgehead atoms. The van der Waals surface area contributed by atoms with Gasteiger partial charge in [0.2, 0.25) is 0 Å². The Morgan fingerprint density at radius 3 is 2.75 bits per heavy atom. The summed E-state index contributed by atoms with van der Waals surface area (Å²) < 4.78 is 0. The zero-order valence-electron chi connectivity index (χ0n) is 8.82. The second kappa shape index (κ2) is 4.38. The van der Waals surface area contributed by atoms with Gasteiger partial charge in [0.1, 0.15) is 5.75 Å². The molecule has 0 aromatic carbocycles. The summed E-state index contributed by atoms with van der Waals surface area (Å²) in [5.74, 6) is -0.611. The molecule has 1 amide bonds. The minimum Gasteiger partial charge on any atom is -0.507 e. The highest BCUT2D eigenvalue weighted by atomic mass is 16.3. The van der Waals surface area contributed by atoms with Crippen LogP contribution in [-0.4, -0.2) is 22.0 Å². The normalized spacial score (nSPS) is 16.2. The van der Waals surface area contributed by atoms with E-state index in [2.05, 4.69) is 10.3 Å². The van der Waals surface area contributed by atoms with Crippen molar-refractivity contribution in [3.63, 3.8) is 0 Å². The molecule has 1 aliphatic carbocycles. The monoisotopic (exact) mass is 222 g/mol. The highest BCUT2D eigenvalue weighted by Crippen LogP contribution is 2.19. The molecule has 1 saturated carbocycles. The maximum absolute atomic E-state index is 11.7. The quantitative estimate of drug-likeness (QED) is 0.690. The molecule has 0 atom stereocenters. The molecule has 1 fully saturated rings. The molecular weight excluding hydrogens is 208 g/mol. The van der Waals surface area contributed by atoms with Crippen LogP contribution in [0.4, 0.5) is 0 Å². The second-order valence-corrected chi connectivity index (χ2v) is 4.05. The molecule has 1 heterocycles. The van der Waals surface area contributed by atoms with Crippen molar-refractivity contribution < 1.29 is 9.90 Å². The summed E-state index contributed by atoms with van der Waals surface area (Å²) in [5, 5.41) is 12.3. The Morgan fingerprint density at radius 1 is 1.44 bits per heavy atom. The molecule has 0 unspecified atom stereocenters. The van der Waals surface area contributed by atoms with Gasteiger partial charge in [-0.2, -0.15) is 0 Å². The summed E-state index contributed by atoms with van der Waals surface area (Å²) >= 11 is 0. The van der Waals surface area contributed by atoms with E-state index in [1.165, 1.54) is 6.20 Å². The van der Waals surface area contributed by atoms with E-state index in [0.29, 0.717) is 0 Å². The number of aromatic hydroxyl groups is 1. The minimum absolute atomic E-state index is 0.117. The first-order valence-corrected chi connectivity index (χ1v) is 5.39. The Morgan fingerprint density at radius 2 is 2.12 bits per heavy atom. The number of rotatable bonds is 2. The van der Waals surface area contributed by atoms with Crippen LogP contribution in [-0.2, 0) is 0 Å². The van der Waals surface area contributed by atoms with E-state index in [0.717, 1.165) is 31.7 Å². The standard InChI is InChI=1S/C11H14N2O3/c14-9-5-10(15)12-6-8(9)11(16)13-7-3-1-2-4-7/h5-7H,1-4H2,(H,13,16)(H2,12,14,15). The van der Waals surface area contributed by atoms with Crippen LogP contribution in [0.1, 0.15) is 36.0 Å². The summed E-state index contributed by atoms with van der Waals surface area (Å²) in [7, 11) is 0. The van der Waals surface area contributed by atoms with Gasteiger partial charge in [-0.1, -0.05) is 12.8 Å². The molecule has 0 saturated heterocycles. The Balaban J connectivity index is 2.11. The third-order valence-electron chi connectivity index (χ3n) is 2.84. The molecule has 3 N–H and O–H groups in total. The fraction of sp³-hybridized carbons (Fsp3) is 0.455. The first-order chi connectivity index (χ1) is 7.66. The van der Waals surface area contributed by atoms with Gasteiger partial charge in [0, 0.05) is 18.3 Å². The lowest BCUT2D eigenvalue weighted by Crippen LogP contribution is -2.32. The summed E-state index contributed by atoms with van der Waals surface area (Å²) in [6, 6.07) is 1.20. The van der Waals surface area contributed by atoms with E-state index < -0.39 is 5.56 Å². The van der Waals surface area contributed by atoms with Crippen LogP contribution >= 0.6 is 0 Å². The lowest BCUT2D eigenvalue weighted by atomic mass is 10.2. The lowest BCUT2D eigenvalue weighted by molar-refractivity contribution is 0.0935. The third-order valence-corrected chi connectivity index (χ3v) is 2.84. The number of aromatic amines is 1. The average molecular weight is 222 g/mol. The maximum Gasteiger partial charge on any atom is 0.256 e. The zero-order chi connectivity index (χ0) is 11.5. The van der Waals surface area contributed by atoms with Gasteiger partial charge in [-0.25, -0.2) is 0 Å². The lowest BCUT2D eigenvalue weighted by Gasteiger charge is -2.12. The fourth-order valence-electron chi connectivity index (χ4n) is 1.98. The van der Waals surface area contributed by atoms with Crippen LogP contribution in [0.2, 0.25) is 0 Å². The van der Waals surface area contributed by atoms with Crippen molar-refractivity contribution in [3.8, 4) is 5.75 Å². The van der Waals surface area contributed by atoms with E-state index in [1.54, 1.807) is 0 Å². The molecule has 5 nitrogen and oxygen atoms in total. The number of hydrogen-bond acceptors (Lipinski definition) is 3. The van der Waals surface area contributed by atoms with Crippen LogP contribution in [0.5, 0.6) is 5.75 Å². The first kappa shape index (κ1) is 10.7. The molecule has 0 aliphatic heterocycles. The second-order valence-electron chi connectivity index (χ2n) is 4.05. The van der Waals surface area contributed by atoms with Gasteiger partial charge in [0.05, 0.1) is 5.56 Å². The molecule has 1 aliphatic rings. The molecule has 0 radical (unpaired) electrons. The third kappa shape index (κ3) is 2.24. The van der Waals surface area contributed by atoms with Crippen molar-refractivity contribution in [1.82, 2.24) is 10.3 Å². The largest absolute Gasteiger partial charge is 0.507 e. The number of pyridine rings is 1. The molecule has 2 rings (SSSR count). The van der Waals surface area contributed by atoms with Crippen LogP contribution in [0.25, 0.3) is 0 Å². The van der Waals surface area contributed by atoms with Crippen LogP contribution in [0.3, 0.4) is 0 Å². The minimum atomic E-state index is -0.421. The summed E-state index contributed by atoms with van der Waals surface area (Å²) in [5.41, 5.74) is -0.304. The van der Waals surface area contributed by atoms with E-state index in [9.17, 15) is 14.7 Å². The summed E-state index contributed by atoms with van der Waals surface area (Å²) in [6.07, 6.45) is 5.46. The Bertz CT molecular complexity index is 447. The topological polar surface area (TPSA) is 82.2 Å². The maximum atomic E-state index is 11.7. The van der Waals surface area contributed by atoms with Gasteiger partial charge in [0.25, 0.3) is 11.5 Å². The van der Waals surface area contributed by atoms with Crippen molar-refractivity contribution in [2.24, 2.45) is 0 Å². The van der Waals surface area contributed by atoms with Crippen LogP contribution in [0.15, 0.2) is 17.1 Å². The van der Waals surface area contributed by atoms with Gasteiger partial charge in [0.15, 0.2) is 0 Å². The number of aromatic nitrogens is 1. The molecular formula is C11H14N2O3. The van der Waals surface area contributed by atoms with Gasteiger partial charge in [-0.3, -0.25) is 9.59 Å². The van der Waals surface area contributed by atoms with Gasteiger partial charge < -0.3 is 15.4 Å². The predicted octanol–water partition coefficient (Wildman–Crippen LogP) is 0.753. The molecule has 1 aromatic rings. The summed E-state index contributed by atoms with van der Waals surface area (Å²) in [6.45, 7) is 0. The van der Waals surface area contributed by atoms with Crippen LogP contribution < -0.4 is 10.9 Å². The van der Waals surface area contributed by atoms with Gasteiger partial charge >= 0.3 is 0 Å². The van der Waals surface area contributed by atoms with Crippen LogP contribution in [0, 0.1) is 0 Å². The molecule has 1 aromatic heterocycles. The van der Waals surface area contributed by atoms with Crippen molar-refractivity contribution in [2.75, 3.05) is 0 Å². The first-order valence-electron chi connectivity index (χ1n) is 5.39. The van der Waals surface area contributed by atoms with E-state index in [4.69, 9.17) is 0 Å². The van der Waals surface area contributed by atoms with E-state index in [-0.39, 0.29) is 23.3 Å². The number of amides is 1. The smallest absolute Gasteiger partial charge is 0.256 e. The number of hydrogen-bond donors (Lipinski definition) is 3. The Hall–Kier alpha value is -1.78. The predicted molar refractivity (Wildman–Crippen MR) is 58.4 cm³/mol. The van der Waals surface area contributed by atoms with Gasteiger partial charge in [-0.05, 0) is 12.8 Å².